The lowest BCUT2D eigenvalue weighted by Gasteiger charge is -2.10. The molecule has 0 saturated heterocycles. The molecule has 6 nitrogen and oxygen atoms in total. The number of carbonyl (C=O) groups excluding carboxylic acids is 2. The van der Waals surface area contributed by atoms with E-state index < -0.39 is 4.92 Å². The minimum absolute atomic E-state index is 0.00804. The van der Waals surface area contributed by atoms with E-state index in [1.165, 1.54) is 19.9 Å². The van der Waals surface area contributed by atoms with Crippen molar-refractivity contribution in [1.29, 1.82) is 0 Å². The van der Waals surface area contributed by atoms with Gasteiger partial charge in [-0.15, -0.1) is 0 Å². The van der Waals surface area contributed by atoms with Gasteiger partial charge >= 0.3 is 0 Å². The Labute approximate surface area is 228 Å². The van der Waals surface area contributed by atoms with Crippen molar-refractivity contribution in [3.8, 4) is 34.1 Å². The number of hydrogen-bond acceptors (Lipinski definition) is 7. The van der Waals surface area contributed by atoms with Gasteiger partial charge in [0.15, 0.2) is 10.2 Å². The van der Waals surface area contributed by atoms with Gasteiger partial charge in [0.1, 0.15) is 0 Å². The fraction of sp³-hybridized carbons (Fsp3) is 0.0667. The van der Waals surface area contributed by atoms with Crippen molar-refractivity contribution in [2.24, 2.45) is 0 Å². The summed E-state index contributed by atoms with van der Waals surface area (Å²) in [6.45, 7) is 3.02. The molecule has 4 rings (SSSR count). The number of anilines is 1. The monoisotopic (exact) mass is 538 g/mol. The third-order valence-corrected chi connectivity index (χ3v) is 7.04. The average Bonchev–Trinajstić information content (AvgIpc) is 2.88. The molecule has 0 spiro atoms. The summed E-state index contributed by atoms with van der Waals surface area (Å²) in [7, 11) is 0. The van der Waals surface area contributed by atoms with Gasteiger partial charge in [-0.1, -0.05) is 59.6 Å². The molecule has 0 aromatic heterocycles. The number of nitro benzene ring substituents is 1. The number of benzene rings is 4. The van der Waals surface area contributed by atoms with Gasteiger partial charge in [0, 0.05) is 52.1 Å². The first-order valence-electron chi connectivity index (χ1n) is 11.5. The van der Waals surface area contributed by atoms with Crippen LogP contribution in [0.2, 0.25) is 0 Å². The van der Waals surface area contributed by atoms with E-state index in [9.17, 15) is 19.7 Å². The Morgan fingerprint density at radius 2 is 1.21 bits per heavy atom. The molecule has 0 aliphatic heterocycles. The zero-order valence-corrected chi connectivity index (χ0v) is 22.2. The van der Waals surface area contributed by atoms with E-state index >= 15 is 0 Å². The van der Waals surface area contributed by atoms with E-state index in [0.29, 0.717) is 27.9 Å². The zero-order valence-electron chi connectivity index (χ0n) is 20.6. The lowest BCUT2D eigenvalue weighted by molar-refractivity contribution is -0.384. The number of nitro groups is 1. The Bertz CT molecular complexity index is 1600. The summed E-state index contributed by atoms with van der Waals surface area (Å²) in [5.74, 6) is 6.13. The number of thioether (sulfide) groups is 2. The Morgan fingerprint density at radius 3 is 1.76 bits per heavy atom. The summed E-state index contributed by atoms with van der Waals surface area (Å²) in [6, 6.07) is 24.9. The Morgan fingerprint density at radius 1 is 0.711 bits per heavy atom. The van der Waals surface area contributed by atoms with Crippen LogP contribution in [0.25, 0.3) is 22.3 Å². The van der Waals surface area contributed by atoms with Crippen LogP contribution in [0.15, 0.2) is 94.7 Å². The van der Waals surface area contributed by atoms with Gasteiger partial charge in [-0.25, -0.2) is 0 Å². The molecule has 0 heterocycles. The van der Waals surface area contributed by atoms with Crippen LogP contribution in [0.1, 0.15) is 25.0 Å². The third-order valence-electron chi connectivity index (χ3n) is 5.45. The highest BCUT2D eigenvalue weighted by molar-refractivity contribution is 8.13. The summed E-state index contributed by atoms with van der Waals surface area (Å²) >= 11 is 2.30. The van der Waals surface area contributed by atoms with Gasteiger partial charge in [-0.05, 0) is 65.7 Å². The molecule has 0 bridgehead atoms. The first-order chi connectivity index (χ1) is 18.2. The van der Waals surface area contributed by atoms with Crippen LogP contribution in [0.3, 0.4) is 0 Å². The van der Waals surface area contributed by atoms with Gasteiger partial charge in [0.25, 0.3) is 5.69 Å². The molecule has 0 saturated carbocycles. The minimum atomic E-state index is -0.417. The first-order valence-corrected chi connectivity index (χ1v) is 13.1. The highest BCUT2D eigenvalue weighted by atomic mass is 32.2. The topological polar surface area (TPSA) is 103 Å². The minimum Gasteiger partial charge on any atom is -0.398 e. The molecule has 4 aromatic carbocycles. The fourth-order valence-electron chi connectivity index (χ4n) is 3.77. The van der Waals surface area contributed by atoms with E-state index in [-0.39, 0.29) is 15.9 Å². The maximum absolute atomic E-state index is 12.0. The number of hydrogen-bond donors (Lipinski definition) is 1. The van der Waals surface area contributed by atoms with Gasteiger partial charge in [0.05, 0.1) is 10.5 Å². The zero-order chi connectivity index (χ0) is 27.2. The van der Waals surface area contributed by atoms with Crippen LogP contribution in [-0.4, -0.2) is 15.2 Å². The molecule has 0 aliphatic carbocycles. The third kappa shape index (κ3) is 6.71. The van der Waals surface area contributed by atoms with Crippen molar-refractivity contribution in [2.75, 3.05) is 5.73 Å². The van der Waals surface area contributed by atoms with Crippen LogP contribution in [0, 0.1) is 22.0 Å². The highest BCUT2D eigenvalue weighted by Crippen LogP contribution is 2.37. The van der Waals surface area contributed by atoms with Crippen molar-refractivity contribution >= 4 is 45.1 Å². The van der Waals surface area contributed by atoms with Crippen LogP contribution < -0.4 is 5.73 Å². The van der Waals surface area contributed by atoms with Gasteiger partial charge in [-0.3, -0.25) is 19.7 Å². The second-order valence-corrected chi connectivity index (χ2v) is 10.8. The largest absolute Gasteiger partial charge is 0.398 e. The second kappa shape index (κ2) is 11.8. The molecule has 38 heavy (non-hydrogen) atoms. The number of nitrogens with zero attached hydrogens (tertiary/aromatic N) is 1. The number of nitrogens with two attached hydrogens (primary N) is 1. The fourth-order valence-corrected chi connectivity index (χ4v) is 4.98. The van der Waals surface area contributed by atoms with E-state index in [4.69, 9.17) is 5.73 Å². The van der Waals surface area contributed by atoms with E-state index in [2.05, 4.69) is 11.8 Å². The molecule has 0 atom stereocenters. The molecule has 0 unspecified atom stereocenters. The molecule has 0 radical (unpaired) electrons. The summed E-state index contributed by atoms with van der Waals surface area (Å²) < 4.78 is 0. The Balaban J connectivity index is 1.59. The molecular formula is C30H22N2O4S2. The molecule has 0 aliphatic rings. The van der Waals surface area contributed by atoms with E-state index in [1.54, 1.807) is 24.3 Å². The first kappa shape index (κ1) is 26.7. The predicted octanol–water partition coefficient (Wildman–Crippen LogP) is 7.19. The maximum Gasteiger partial charge on any atom is 0.277 e. The Hall–Kier alpha value is -4.32. The van der Waals surface area contributed by atoms with Crippen molar-refractivity contribution in [1.82, 2.24) is 0 Å². The highest BCUT2D eigenvalue weighted by Gasteiger charge is 2.19. The smallest absolute Gasteiger partial charge is 0.277 e. The van der Waals surface area contributed by atoms with Crippen LogP contribution in [0.4, 0.5) is 11.4 Å². The lowest BCUT2D eigenvalue weighted by Crippen LogP contribution is -1.97. The standard InChI is InChI=1S/C30H22N2O4S2/c1-19(33)37-25-11-5-21(6-12-25)3-4-22-7-15-27(29(31)17-22)28-16-10-24(18-30(28)32(35)36)23-8-13-26(14-9-23)38-20(2)34/h5-18H,31H2,1-2H3. The number of carbonyl (C=O) groups is 2. The van der Waals surface area contributed by atoms with E-state index in [0.717, 1.165) is 44.4 Å². The molecule has 188 valence electrons. The Kier molecular flexibility index (Phi) is 8.31. The van der Waals surface area contributed by atoms with Gasteiger partial charge in [-0.2, -0.15) is 0 Å². The van der Waals surface area contributed by atoms with Crippen molar-refractivity contribution < 1.29 is 14.5 Å². The van der Waals surface area contributed by atoms with Gasteiger partial charge in [0.2, 0.25) is 0 Å². The summed E-state index contributed by atoms with van der Waals surface area (Å²) in [6.07, 6.45) is 0. The van der Waals surface area contributed by atoms with Crippen molar-refractivity contribution in [3.05, 3.63) is 106 Å². The van der Waals surface area contributed by atoms with Crippen molar-refractivity contribution in [2.45, 2.75) is 23.6 Å². The number of rotatable bonds is 5. The molecule has 2 N–H and O–H groups in total. The summed E-state index contributed by atoms with van der Waals surface area (Å²) in [5.41, 5.74) is 10.6. The maximum atomic E-state index is 12.0. The molecular weight excluding hydrogens is 516 g/mol. The SMILES string of the molecule is CC(=O)Sc1ccc(C#Cc2ccc(-c3ccc(-c4ccc(SC(C)=O)cc4)cc3[N+](=O)[O-])c(N)c2)cc1. The van der Waals surface area contributed by atoms with Crippen LogP contribution in [0.5, 0.6) is 0 Å². The predicted molar refractivity (Wildman–Crippen MR) is 154 cm³/mol. The van der Waals surface area contributed by atoms with Crippen LogP contribution >= 0.6 is 23.5 Å². The summed E-state index contributed by atoms with van der Waals surface area (Å²) in [4.78, 5) is 35.7. The van der Waals surface area contributed by atoms with Crippen LogP contribution in [-0.2, 0) is 9.59 Å². The average molecular weight is 539 g/mol. The quantitative estimate of drug-likeness (QED) is 0.0943. The number of nitrogen functional groups attached to an aromatic ring is 1. The molecule has 4 aromatic rings. The second-order valence-electron chi connectivity index (χ2n) is 8.28. The molecule has 8 heteroatoms. The van der Waals surface area contributed by atoms with E-state index in [1.807, 2.05) is 54.6 Å². The normalized spacial score (nSPS) is 10.4. The molecule has 0 fully saturated rings. The van der Waals surface area contributed by atoms with Gasteiger partial charge < -0.3 is 5.73 Å². The molecule has 0 amide bonds. The van der Waals surface area contributed by atoms with Crippen molar-refractivity contribution in [3.63, 3.8) is 0 Å². The lowest BCUT2D eigenvalue weighted by atomic mass is 9.96. The summed E-state index contributed by atoms with van der Waals surface area (Å²) in [5, 5.41) is 12.0.